The van der Waals surface area contributed by atoms with Crippen LogP contribution in [0.15, 0.2) is 78.9 Å². The molecule has 0 heterocycles. The van der Waals surface area contributed by atoms with Gasteiger partial charge in [0.15, 0.2) is 0 Å². The second kappa shape index (κ2) is 7.12. The number of anilines is 1. The number of rotatable bonds is 4. The van der Waals surface area contributed by atoms with Crippen molar-refractivity contribution in [1.29, 1.82) is 0 Å². The van der Waals surface area contributed by atoms with Crippen LogP contribution in [0.4, 0.5) is 5.69 Å². The van der Waals surface area contributed by atoms with Crippen molar-refractivity contribution in [2.45, 2.75) is 6.42 Å². The Morgan fingerprint density at radius 2 is 1.39 bits per heavy atom. The van der Waals surface area contributed by atoms with E-state index in [1.165, 1.54) is 5.56 Å². The monoisotopic (exact) mass is 321 g/mol. The Balaban J connectivity index is 1.64. The first-order valence-corrected chi connectivity index (χ1v) is 7.78. The zero-order chi connectivity index (χ0) is 16.1. The fourth-order valence-electron chi connectivity index (χ4n) is 2.37. The van der Waals surface area contributed by atoms with Gasteiger partial charge in [-0.05, 0) is 41.0 Å². The maximum Gasteiger partial charge on any atom is 0.228 e. The second-order valence-electron chi connectivity index (χ2n) is 5.29. The first-order chi connectivity index (χ1) is 11.2. The molecule has 0 aliphatic rings. The van der Waals surface area contributed by atoms with E-state index < -0.39 is 0 Å². The molecule has 3 aromatic rings. The number of hydrogen-bond donors (Lipinski definition) is 1. The van der Waals surface area contributed by atoms with Crippen LogP contribution in [0.1, 0.15) is 5.56 Å². The quantitative estimate of drug-likeness (QED) is 0.704. The van der Waals surface area contributed by atoms with E-state index in [2.05, 4.69) is 17.4 Å². The zero-order valence-corrected chi connectivity index (χ0v) is 13.3. The molecule has 0 aliphatic carbocycles. The van der Waals surface area contributed by atoms with Crippen LogP contribution in [0.5, 0.6) is 0 Å². The molecule has 114 valence electrons. The summed E-state index contributed by atoms with van der Waals surface area (Å²) >= 11 is 5.83. The molecule has 0 bridgehead atoms. The van der Waals surface area contributed by atoms with Gasteiger partial charge < -0.3 is 5.32 Å². The Hall–Kier alpha value is -2.58. The number of carbonyl (C=O) groups excluding carboxylic acids is 1. The number of carbonyl (C=O) groups is 1. The van der Waals surface area contributed by atoms with Crippen LogP contribution in [0.3, 0.4) is 0 Å². The van der Waals surface area contributed by atoms with Crippen LogP contribution in [0.25, 0.3) is 11.1 Å². The highest BCUT2D eigenvalue weighted by Crippen LogP contribution is 2.19. The Bertz CT molecular complexity index is 780. The molecule has 2 nitrogen and oxygen atoms in total. The molecule has 3 heteroatoms. The van der Waals surface area contributed by atoms with Crippen LogP contribution in [-0.2, 0) is 11.2 Å². The molecule has 0 fully saturated rings. The number of halogens is 1. The minimum Gasteiger partial charge on any atom is -0.326 e. The molecule has 0 atom stereocenters. The molecule has 0 aromatic heterocycles. The van der Waals surface area contributed by atoms with Gasteiger partial charge in [0.25, 0.3) is 0 Å². The maximum absolute atomic E-state index is 12.1. The second-order valence-corrected chi connectivity index (χ2v) is 5.73. The zero-order valence-electron chi connectivity index (χ0n) is 12.5. The lowest BCUT2D eigenvalue weighted by atomic mass is 10.0. The summed E-state index contributed by atoms with van der Waals surface area (Å²) in [4.78, 5) is 12.1. The summed E-state index contributed by atoms with van der Waals surface area (Å²) in [6.07, 6.45) is 0.345. The Kier molecular flexibility index (Phi) is 4.74. The van der Waals surface area contributed by atoms with Crippen LogP contribution in [0, 0.1) is 0 Å². The van der Waals surface area contributed by atoms with Gasteiger partial charge in [0.1, 0.15) is 0 Å². The molecule has 1 amide bonds. The molecule has 1 N–H and O–H groups in total. The lowest BCUT2D eigenvalue weighted by Gasteiger charge is -2.07. The van der Waals surface area contributed by atoms with Gasteiger partial charge in [-0.25, -0.2) is 0 Å². The van der Waals surface area contributed by atoms with E-state index in [1.54, 1.807) is 24.3 Å². The van der Waals surface area contributed by atoms with Crippen molar-refractivity contribution in [3.63, 3.8) is 0 Å². The normalized spacial score (nSPS) is 10.3. The van der Waals surface area contributed by atoms with Gasteiger partial charge >= 0.3 is 0 Å². The Morgan fingerprint density at radius 1 is 0.783 bits per heavy atom. The molecule has 0 saturated carbocycles. The smallest absolute Gasteiger partial charge is 0.228 e. The summed E-state index contributed by atoms with van der Waals surface area (Å²) in [6, 6.07) is 25.3. The van der Waals surface area contributed by atoms with E-state index in [4.69, 9.17) is 11.6 Å². The van der Waals surface area contributed by atoms with Gasteiger partial charge in [0.05, 0.1) is 6.42 Å². The van der Waals surface area contributed by atoms with Gasteiger partial charge in [-0.3, -0.25) is 4.79 Å². The van der Waals surface area contributed by atoms with Crippen LogP contribution in [0.2, 0.25) is 5.02 Å². The predicted octanol–water partition coefficient (Wildman–Crippen LogP) is 5.19. The van der Waals surface area contributed by atoms with Crippen LogP contribution < -0.4 is 5.32 Å². The molecule has 0 aliphatic heterocycles. The standard InChI is InChI=1S/C20H16ClNO/c21-18-10-12-19(13-11-18)22-20(23)14-15-6-8-17(9-7-15)16-4-2-1-3-5-16/h1-13H,14H2,(H,22,23). The van der Waals surface area contributed by atoms with E-state index in [0.717, 1.165) is 16.8 Å². The van der Waals surface area contributed by atoms with Crippen LogP contribution in [-0.4, -0.2) is 5.91 Å². The number of nitrogens with one attached hydrogen (secondary N) is 1. The molecule has 0 saturated heterocycles. The number of amides is 1. The van der Waals surface area contributed by atoms with Crippen molar-refractivity contribution >= 4 is 23.2 Å². The molecule has 0 radical (unpaired) electrons. The third kappa shape index (κ3) is 4.21. The maximum atomic E-state index is 12.1. The molecular weight excluding hydrogens is 306 g/mol. The van der Waals surface area contributed by atoms with E-state index >= 15 is 0 Å². The fourth-order valence-corrected chi connectivity index (χ4v) is 2.50. The lowest BCUT2D eigenvalue weighted by molar-refractivity contribution is -0.115. The SMILES string of the molecule is O=C(Cc1ccc(-c2ccccc2)cc1)Nc1ccc(Cl)cc1. The third-order valence-corrected chi connectivity index (χ3v) is 3.81. The summed E-state index contributed by atoms with van der Waals surface area (Å²) < 4.78 is 0. The molecule has 0 spiro atoms. The van der Waals surface area contributed by atoms with Crippen molar-refractivity contribution in [2.24, 2.45) is 0 Å². The third-order valence-electron chi connectivity index (χ3n) is 3.55. The summed E-state index contributed by atoms with van der Waals surface area (Å²) in [5.41, 5.74) is 4.05. The largest absolute Gasteiger partial charge is 0.326 e. The first-order valence-electron chi connectivity index (χ1n) is 7.40. The van der Waals surface area contributed by atoms with Crippen molar-refractivity contribution in [3.8, 4) is 11.1 Å². The minimum atomic E-state index is -0.0419. The van der Waals surface area contributed by atoms with Gasteiger partial charge in [-0.2, -0.15) is 0 Å². The molecule has 3 rings (SSSR count). The number of hydrogen-bond acceptors (Lipinski definition) is 1. The van der Waals surface area contributed by atoms with Crippen molar-refractivity contribution in [3.05, 3.63) is 89.4 Å². The Labute approximate surface area is 140 Å². The average molecular weight is 322 g/mol. The van der Waals surface area contributed by atoms with E-state index in [0.29, 0.717) is 11.4 Å². The fraction of sp³-hybridized carbons (Fsp3) is 0.0500. The topological polar surface area (TPSA) is 29.1 Å². The molecule has 0 unspecified atom stereocenters. The van der Waals surface area contributed by atoms with E-state index in [1.807, 2.05) is 42.5 Å². The first kappa shape index (κ1) is 15.3. The minimum absolute atomic E-state index is 0.0419. The van der Waals surface area contributed by atoms with E-state index in [-0.39, 0.29) is 5.91 Å². The Morgan fingerprint density at radius 3 is 2.04 bits per heavy atom. The van der Waals surface area contributed by atoms with Gasteiger partial charge in [0, 0.05) is 10.7 Å². The highest BCUT2D eigenvalue weighted by atomic mass is 35.5. The summed E-state index contributed by atoms with van der Waals surface area (Å²) in [5.74, 6) is -0.0419. The predicted molar refractivity (Wildman–Crippen MR) is 95.7 cm³/mol. The van der Waals surface area contributed by atoms with E-state index in [9.17, 15) is 4.79 Å². The van der Waals surface area contributed by atoms with Crippen molar-refractivity contribution < 1.29 is 4.79 Å². The van der Waals surface area contributed by atoms with Gasteiger partial charge in [-0.15, -0.1) is 0 Å². The average Bonchev–Trinajstić information content (AvgIpc) is 2.58. The molecule has 23 heavy (non-hydrogen) atoms. The highest BCUT2D eigenvalue weighted by molar-refractivity contribution is 6.30. The van der Waals surface area contributed by atoms with Gasteiger partial charge in [-0.1, -0.05) is 66.2 Å². The summed E-state index contributed by atoms with van der Waals surface area (Å²) in [5, 5.41) is 3.52. The molecule has 3 aromatic carbocycles. The summed E-state index contributed by atoms with van der Waals surface area (Å²) in [7, 11) is 0. The summed E-state index contributed by atoms with van der Waals surface area (Å²) in [6.45, 7) is 0. The van der Waals surface area contributed by atoms with Gasteiger partial charge in [0.2, 0.25) is 5.91 Å². The lowest BCUT2D eigenvalue weighted by Crippen LogP contribution is -2.14. The van der Waals surface area contributed by atoms with Crippen LogP contribution >= 0.6 is 11.6 Å². The van der Waals surface area contributed by atoms with Crippen molar-refractivity contribution in [2.75, 3.05) is 5.32 Å². The van der Waals surface area contributed by atoms with Crippen molar-refractivity contribution in [1.82, 2.24) is 0 Å². The molecular formula is C20H16ClNO. The number of benzene rings is 3. The highest BCUT2D eigenvalue weighted by Gasteiger charge is 2.05.